The number of halogens is 3. The number of rotatable bonds is 5. The first kappa shape index (κ1) is 21.6. The molecule has 3 amide bonds. The van der Waals surface area contributed by atoms with Gasteiger partial charge in [0, 0.05) is 6.07 Å². The zero-order valence-electron chi connectivity index (χ0n) is 16.2. The first-order valence-electron chi connectivity index (χ1n) is 9.07. The predicted octanol–water partition coefficient (Wildman–Crippen LogP) is 2.43. The molecule has 0 atom stereocenters. The molecular formula is C19H11F3N6O5. The van der Waals surface area contributed by atoms with Crippen LogP contribution < -0.4 is 5.32 Å². The van der Waals surface area contributed by atoms with E-state index in [4.69, 9.17) is 0 Å². The highest BCUT2D eigenvalue weighted by molar-refractivity contribution is 6.24. The third-order valence-electron chi connectivity index (χ3n) is 4.74. The Hall–Kier alpha value is -4.62. The zero-order valence-corrected chi connectivity index (χ0v) is 16.2. The van der Waals surface area contributed by atoms with Crippen LogP contribution in [0.4, 0.5) is 24.5 Å². The third-order valence-corrected chi connectivity index (χ3v) is 4.74. The third kappa shape index (κ3) is 3.88. The number of nitro benzene ring substituents is 1. The smallest absolute Gasteiger partial charge is 0.323 e. The zero-order chi connectivity index (χ0) is 23.9. The summed E-state index contributed by atoms with van der Waals surface area (Å²) in [6, 6.07) is 5.99. The number of nitrogens with zero attached hydrogens (tertiary/aromatic N) is 5. The number of imide groups is 1. The SMILES string of the molecule is O=C(CN1C(=O)c2cccc([N+](=O)[O-])c2C1=O)Nc1cc(C(F)(F)F)ccc1-n1cncn1. The molecule has 0 saturated carbocycles. The molecule has 1 aromatic heterocycles. The van der Waals surface area contributed by atoms with Gasteiger partial charge < -0.3 is 5.32 Å². The van der Waals surface area contributed by atoms with Crippen molar-refractivity contribution in [3.63, 3.8) is 0 Å². The fraction of sp³-hybridized carbons (Fsp3) is 0.105. The van der Waals surface area contributed by atoms with Gasteiger partial charge in [0.25, 0.3) is 17.5 Å². The summed E-state index contributed by atoms with van der Waals surface area (Å²) in [5.41, 5.74) is -2.61. The summed E-state index contributed by atoms with van der Waals surface area (Å²) >= 11 is 0. The van der Waals surface area contributed by atoms with Crippen molar-refractivity contribution in [2.45, 2.75) is 6.18 Å². The van der Waals surface area contributed by atoms with Crippen molar-refractivity contribution in [3.05, 3.63) is 75.9 Å². The van der Waals surface area contributed by atoms with Gasteiger partial charge in [-0.3, -0.25) is 29.4 Å². The van der Waals surface area contributed by atoms with Gasteiger partial charge in [0.1, 0.15) is 24.8 Å². The number of fused-ring (bicyclic) bond motifs is 1. The molecule has 11 nitrogen and oxygen atoms in total. The van der Waals surface area contributed by atoms with Crippen molar-refractivity contribution in [3.8, 4) is 5.69 Å². The lowest BCUT2D eigenvalue weighted by Crippen LogP contribution is -2.37. The molecule has 0 radical (unpaired) electrons. The monoisotopic (exact) mass is 460 g/mol. The minimum atomic E-state index is -4.71. The molecule has 0 unspecified atom stereocenters. The molecule has 0 saturated heterocycles. The van der Waals surface area contributed by atoms with Crippen LogP contribution in [0.3, 0.4) is 0 Å². The highest BCUT2D eigenvalue weighted by Gasteiger charge is 2.41. The van der Waals surface area contributed by atoms with Crippen molar-refractivity contribution >= 4 is 29.1 Å². The van der Waals surface area contributed by atoms with Crippen LogP contribution in [0.1, 0.15) is 26.3 Å². The Morgan fingerprint density at radius 3 is 2.55 bits per heavy atom. The highest BCUT2D eigenvalue weighted by Crippen LogP contribution is 2.34. The quantitative estimate of drug-likeness (QED) is 0.350. The Morgan fingerprint density at radius 2 is 1.91 bits per heavy atom. The number of anilines is 1. The average Bonchev–Trinajstić information content (AvgIpc) is 3.37. The van der Waals surface area contributed by atoms with E-state index in [9.17, 15) is 37.7 Å². The topological polar surface area (TPSA) is 140 Å². The number of benzene rings is 2. The van der Waals surface area contributed by atoms with E-state index in [0.29, 0.717) is 11.0 Å². The van der Waals surface area contributed by atoms with Crippen molar-refractivity contribution in [2.75, 3.05) is 11.9 Å². The van der Waals surface area contributed by atoms with Crippen molar-refractivity contribution in [1.82, 2.24) is 19.7 Å². The normalized spacial score (nSPS) is 13.2. The Bertz CT molecular complexity index is 1310. The van der Waals surface area contributed by atoms with E-state index in [1.54, 1.807) is 0 Å². The van der Waals surface area contributed by atoms with E-state index in [-0.39, 0.29) is 16.9 Å². The molecule has 0 fully saturated rings. The van der Waals surface area contributed by atoms with E-state index < -0.39 is 52.2 Å². The minimum absolute atomic E-state index is 0.0480. The number of amides is 3. The highest BCUT2D eigenvalue weighted by atomic mass is 19.4. The standard InChI is InChI=1S/C19H11F3N6O5/c20-19(21,22)10-4-5-13(27-9-23-8-24-27)12(6-10)25-15(29)7-26-17(30)11-2-1-3-14(28(32)33)16(11)18(26)31/h1-6,8-9H,7H2,(H,25,29). The van der Waals surface area contributed by atoms with Gasteiger partial charge in [-0.15, -0.1) is 0 Å². The Labute approximate surface area is 181 Å². The second-order valence-corrected chi connectivity index (χ2v) is 6.77. The Morgan fingerprint density at radius 1 is 1.15 bits per heavy atom. The molecule has 2 heterocycles. The molecule has 3 aromatic rings. The Kier molecular flexibility index (Phi) is 5.12. The summed E-state index contributed by atoms with van der Waals surface area (Å²) in [6.45, 7) is -0.878. The van der Waals surface area contributed by atoms with Gasteiger partial charge in [0.15, 0.2) is 0 Å². The number of hydrogen-bond donors (Lipinski definition) is 1. The Balaban J connectivity index is 1.62. The van der Waals surface area contributed by atoms with E-state index in [1.165, 1.54) is 18.5 Å². The molecule has 0 bridgehead atoms. The minimum Gasteiger partial charge on any atom is -0.323 e. The summed E-state index contributed by atoms with van der Waals surface area (Å²) in [7, 11) is 0. The van der Waals surface area contributed by atoms with Crippen LogP contribution in [0, 0.1) is 10.1 Å². The predicted molar refractivity (Wildman–Crippen MR) is 103 cm³/mol. The fourth-order valence-electron chi connectivity index (χ4n) is 3.29. The summed E-state index contributed by atoms with van der Waals surface area (Å²) in [4.78, 5) is 52.3. The van der Waals surface area contributed by atoms with E-state index in [2.05, 4.69) is 15.4 Å². The van der Waals surface area contributed by atoms with Gasteiger partial charge in [0.2, 0.25) is 5.91 Å². The van der Waals surface area contributed by atoms with Crippen LogP contribution in [0.5, 0.6) is 0 Å². The molecule has 4 rings (SSSR count). The van der Waals surface area contributed by atoms with E-state index in [1.807, 2.05) is 0 Å². The summed E-state index contributed by atoms with van der Waals surface area (Å²) in [5.74, 6) is -3.00. The molecule has 0 aliphatic carbocycles. The lowest BCUT2D eigenvalue weighted by Gasteiger charge is -2.17. The summed E-state index contributed by atoms with van der Waals surface area (Å²) in [5, 5.41) is 17.2. The molecule has 1 aliphatic rings. The van der Waals surface area contributed by atoms with Crippen LogP contribution in [0.25, 0.3) is 5.69 Å². The number of carbonyl (C=O) groups is 3. The number of nitrogens with one attached hydrogen (secondary N) is 1. The number of alkyl halides is 3. The van der Waals surface area contributed by atoms with Crippen LogP contribution in [-0.4, -0.2) is 48.9 Å². The maximum Gasteiger partial charge on any atom is 0.416 e. The molecule has 14 heteroatoms. The number of carbonyl (C=O) groups excluding carboxylic acids is 3. The first-order chi connectivity index (χ1) is 15.6. The number of nitro groups is 1. The van der Waals surface area contributed by atoms with Gasteiger partial charge in [-0.25, -0.2) is 9.67 Å². The fourth-order valence-corrected chi connectivity index (χ4v) is 3.29. The van der Waals surface area contributed by atoms with E-state index >= 15 is 0 Å². The molecule has 1 N–H and O–H groups in total. The van der Waals surface area contributed by atoms with Gasteiger partial charge >= 0.3 is 6.18 Å². The van der Waals surface area contributed by atoms with Gasteiger partial charge in [0.05, 0.1) is 27.4 Å². The number of hydrogen-bond acceptors (Lipinski definition) is 7. The van der Waals surface area contributed by atoms with Crippen molar-refractivity contribution < 1.29 is 32.5 Å². The van der Waals surface area contributed by atoms with Crippen LogP contribution in [0.2, 0.25) is 0 Å². The lowest BCUT2D eigenvalue weighted by atomic mass is 10.1. The largest absolute Gasteiger partial charge is 0.416 e. The molecular weight excluding hydrogens is 449 g/mol. The average molecular weight is 460 g/mol. The summed E-state index contributed by atoms with van der Waals surface area (Å²) < 4.78 is 40.6. The molecule has 2 aromatic carbocycles. The number of aromatic nitrogens is 3. The van der Waals surface area contributed by atoms with Crippen LogP contribution in [0.15, 0.2) is 49.1 Å². The molecule has 33 heavy (non-hydrogen) atoms. The van der Waals surface area contributed by atoms with Crippen LogP contribution >= 0.6 is 0 Å². The maximum absolute atomic E-state index is 13.2. The maximum atomic E-state index is 13.2. The molecule has 1 aliphatic heterocycles. The molecule has 0 spiro atoms. The van der Waals surface area contributed by atoms with Crippen LogP contribution in [-0.2, 0) is 11.0 Å². The lowest BCUT2D eigenvalue weighted by molar-refractivity contribution is -0.385. The van der Waals surface area contributed by atoms with Gasteiger partial charge in [-0.2, -0.15) is 18.3 Å². The first-order valence-corrected chi connectivity index (χ1v) is 9.07. The summed E-state index contributed by atoms with van der Waals surface area (Å²) in [6.07, 6.45) is -2.38. The van der Waals surface area contributed by atoms with Gasteiger partial charge in [-0.05, 0) is 24.3 Å². The molecule has 168 valence electrons. The van der Waals surface area contributed by atoms with Crippen molar-refractivity contribution in [2.24, 2.45) is 0 Å². The van der Waals surface area contributed by atoms with E-state index in [0.717, 1.165) is 29.2 Å². The van der Waals surface area contributed by atoms with Gasteiger partial charge in [-0.1, -0.05) is 6.07 Å². The van der Waals surface area contributed by atoms with Crippen molar-refractivity contribution in [1.29, 1.82) is 0 Å². The second-order valence-electron chi connectivity index (χ2n) is 6.77. The second kappa shape index (κ2) is 7.81.